The van der Waals surface area contributed by atoms with Gasteiger partial charge in [-0.05, 0) is 53.0 Å². The first-order chi connectivity index (χ1) is 13.1. The van der Waals surface area contributed by atoms with Crippen LogP contribution in [0.1, 0.15) is 28.7 Å². The molecule has 0 unspecified atom stereocenters. The van der Waals surface area contributed by atoms with E-state index in [1.807, 2.05) is 41.5 Å². The Labute approximate surface area is 167 Å². The van der Waals surface area contributed by atoms with Gasteiger partial charge in [-0.25, -0.2) is 4.98 Å². The predicted molar refractivity (Wildman–Crippen MR) is 112 cm³/mol. The minimum Gasteiger partial charge on any atom is -0.368 e. The highest BCUT2D eigenvalue weighted by Crippen LogP contribution is 2.25. The van der Waals surface area contributed by atoms with Gasteiger partial charge in [-0.2, -0.15) is 0 Å². The molecule has 0 spiro atoms. The summed E-state index contributed by atoms with van der Waals surface area (Å²) in [6.07, 6.45) is 2.73. The van der Waals surface area contributed by atoms with E-state index in [1.165, 1.54) is 5.69 Å². The molecule has 0 radical (unpaired) electrons. The predicted octanol–water partition coefficient (Wildman–Crippen LogP) is 3.93. The number of aryl methyl sites for hydroxylation is 2. The van der Waals surface area contributed by atoms with Crippen molar-refractivity contribution < 1.29 is 4.79 Å². The third-order valence-electron chi connectivity index (χ3n) is 5.11. The van der Waals surface area contributed by atoms with E-state index in [9.17, 15) is 4.79 Å². The van der Waals surface area contributed by atoms with Crippen molar-refractivity contribution in [3.63, 3.8) is 0 Å². The van der Waals surface area contributed by atoms with Crippen molar-refractivity contribution in [2.24, 2.45) is 0 Å². The highest BCUT2D eigenvalue weighted by atomic mass is 79.9. The molecule has 0 saturated carbocycles. The van der Waals surface area contributed by atoms with Gasteiger partial charge in [0, 0.05) is 38.1 Å². The summed E-state index contributed by atoms with van der Waals surface area (Å²) in [6.45, 7) is 7.21. The molecule has 0 aliphatic carbocycles. The monoisotopic (exact) mass is 426 g/mol. The van der Waals surface area contributed by atoms with Crippen LogP contribution >= 0.6 is 15.9 Å². The number of para-hydroxylation sites is 1. The summed E-state index contributed by atoms with van der Waals surface area (Å²) in [4.78, 5) is 22.3. The van der Waals surface area contributed by atoms with Crippen LogP contribution in [0.2, 0.25) is 0 Å². The fraction of sp³-hybridized carbons (Fsp3) is 0.333. The van der Waals surface area contributed by atoms with Gasteiger partial charge in [-0.3, -0.25) is 9.20 Å². The van der Waals surface area contributed by atoms with Crippen molar-refractivity contribution in [2.75, 3.05) is 31.1 Å². The smallest absolute Gasteiger partial charge is 0.272 e. The Hall–Kier alpha value is -2.34. The van der Waals surface area contributed by atoms with Crippen LogP contribution in [0.4, 0.5) is 5.69 Å². The SMILES string of the molecule is CCc1nc2c(Br)cc(C)cn2c1C(=O)N1CCN(c2ccccc2)CC1. The number of anilines is 1. The first-order valence-corrected chi connectivity index (χ1v) is 10.1. The Morgan fingerprint density at radius 1 is 1.15 bits per heavy atom. The van der Waals surface area contributed by atoms with Gasteiger partial charge in [0.05, 0.1) is 10.2 Å². The van der Waals surface area contributed by atoms with Crippen molar-refractivity contribution in [2.45, 2.75) is 20.3 Å². The Bertz CT molecular complexity index is 975. The third-order valence-corrected chi connectivity index (χ3v) is 5.69. The van der Waals surface area contributed by atoms with Gasteiger partial charge in [0.25, 0.3) is 5.91 Å². The summed E-state index contributed by atoms with van der Waals surface area (Å²) in [5, 5.41) is 0. The quantitative estimate of drug-likeness (QED) is 0.636. The molecule has 1 amide bonds. The molecule has 4 rings (SSSR count). The van der Waals surface area contributed by atoms with E-state index in [1.54, 1.807) is 0 Å². The van der Waals surface area contributed by atoms with E-state index in [0.717, 1.165) is 54.0 Å². The molecular weight excluding hydrogens is 404 g/mol. The molecule has 2 aromatic heterocycles. The number of hydrogen-bond donors (Lipinski definition) is 0. The summed E-state index contributed by atoms with van der Waals surface area (Å²) in [5.74, 6) is 0.0737. The Balaban J connectivity index is 1.60. The van der Waals surface area contributed by atoms with E-state index in [-0.39, 0.29) is 5.91 Å². The van der Waals surface area contributed by atoms with E-state index < -0.39 is 0 Å². The van der Waals surface area contributed by atoms with Crippen LogP contribution in [0, 0.1) is 6.92 Å². The Morgan fingerprint density at radius 2 is 1.85 bits per heavy atom. The van der Waals surface area contributed by atoms with Crippen LogP contribution in [-0.2, 0) is 6.42 Å². The van der Waals surface area contributed by atoms with Crippen LogP contribution in [0.25, 0.3) is 5.65 Å². The normalized spacial score (nSPS) is 14.8. The van der Waals surface area contributed by atoms with E-state index >= 15 is 0 Å². The number of fused-ring (bicyclic) bond motifs is 1. The molecular formula is C21H23BrN4O. The van der Waals surface area contributed by atoms with E-state index in [4.69, 9.17) is 4.98 Å². The number of piperazine rings is 1. The summed E-state index contributed by atoms with van der Waals surface area (Å²) >= 11 is 3.59. The lowest BCUT2D eigenvalue weighted by Crippen LogP contribution is -2.49. The summed E-state index contributed by atoms with van der Waals surface area (Å²) in [5.41, 5.74) is 4.68. The highest BCUT2D eigenvalue weighted by Gasteiger charge is 2.27. The van der Waals surface area contributed by atoms with Crippen LogP contribution in [0.3, 0.4) is 0 Å². The van der Waals surface area contributed by atoms with Crippen molar-refractivity contribution in [3.8, 4) is 0 Å². The number of benzene rings is 1. The summed E-state index contributed by atoms with van der Waals surface area (Å²) in [6, 6.07) is 12.4. The Morgan fingerprint density at radius 3 is 2.52 bits per heavy atom. The van der Waals surface area contributed by atoms with Gasteiger partial charge >= 0.3 is 0 Å². The lowest BCUT2D eigenvalue weighted by atomic mass is 10.2. The second-order valence-corrected chi connectivity index (χ2v) is 7.79. The van der Waals surface area contributed by atoms with Gasteiger partial charge in [0.1, 0.15) is 5.69 Å². The minimum atomic E-state index is 0.0737. The number of hydrogen-bond acceptors (Lipinski definition) is 3. The topological polar surface area (TPSA) is 40.9 Å². The van der Waals surface area contributed by atoms with Crippen LogP contribution < -0.4 is 4.90 Å². The third kappa shape index (κ3) is 3.34. The molecule has 140 valence electrons. The molecule has 1 saturated heterocycles. The molecule has 3 aromatic rings. The van der Waals surface area contributed by atoms with Gasteiger partial charge in [-0.15, -0.1) is 0 Å². The number of rotatable bonds is 3. The highest BCUT2D eigenvalue weighted by molar-refractivity contribution is 9.10. The first-order valence-electron chi connectivity index (χ1n) is 9.35. The second-order valence-electron chi connectivity index (χ2n) is 6.93. The fourth-order valence-electron chi connectivity index (χ4n) is 3.71. The maximum absolute atomic E-state index is 13.4. The van der Waals surface area contributed by atoms with Crippen molar-refractivity contribution in [1.29, 1.82) is 0 Å². The van der Waals surface area contributed by atoms with Crippen molar-refractivity contribution in [3.05, 3.63) is 64.0 Å². The molecule has 1 fully saturated rings. The lowest BCUT2D eigenvalue weighted by Gasteiger charge is -2.36. The average Bonchev–Trinajstić information content (AvgIpc) is 3.07. The molecule has 1 aliphatic rings. The molecule has 1 aromatic carbocycles. The van der Waals surface area contributed by atoms with E-state index in [0.29, 0.717) is 5.69 Å². The maximum atomic E-state index is 13.4. The maximum Gasteiger partial charge on any atom is 0.272 e. The molecule has 0 bridgehead atoms. The van der Waals surface area contributed by atoms with E-state index in [2.05, 4.69) is 45.1 Å². The van der Waals surface area contributed by atoms with Gasteiger partial charge < -0.3 is 9.80 Å². The molecule has 6 heteroatoms. The lowest BCUT2D eigenvalue weighted by molar-refractivity contribution is 0.0738. The molecule has 5 nitrogen and oxygen atoms in total. The number of amides is 1. The summed E-state index contributed by atoms with van der Waals surface area (Å²) in [7, 11) is 0. The van der Waals surface area contributed by atoms with Crippen LogP contribution in [-0.4, -0.2) is 46.4 Å². The second kappa shape index (κ2) is 7.35. The van der Waals surface area contributed by atoms with Crippen molar-refractivity contribution in [1.82, 2.24) is 14.3 Å². The standard InChI is InChI=1S/C21H23BrN4O/c1-3-18-19(26-14-15(2)13-17(22)20(26)23-18)21(27)25-11-9-24(10-12-25)16-7-5-4-6-8-16/h4-8,13-14H,3,9-12H2,1-2H3. The largest absolute Gasteiger partial charge is 0.368 e. The number of aromatic nitrogens is 2. The summed E-state index contributed by atoms with van der Waals surface area (Å²) < 4.78 is 2.87. The zero-order valence-corrected chi connectivity index (χ0v) is 17.2. The molecule has 0 atom stereocenters. The average molecular weight is 427 g/mol. The number of nitrogens with zero attached hydrogens (tertiary/aromatic N) is 4. The molecule has 0 N–H and O–H groups in total. The molecule has 1 aliphatic heterocycles. The zero-order valence-electron chi connectivity index (χ0n) is 15.7. The number of imidazole rings is 1. The zero-order chi connectivity index (χ0) is 19.0. The fourth-order valence-corrected chi connectivity index (χ4v) is 4.35. The van der Waals surface area contributed by atoms with Crippen LogP contribution in [0.5, 0.6) is 0 Å². The van der Waals surface area contributed by atoms with Gasteiger partial charge in [-0.1, -0.05) is 25.1 Å². The van der Waals surface area contributed by atoms with Gasteiger partial charge in [0.15, 0.2) is 5.65 Å². The number of pyridine rings is 1. The Kier molecular flexibility index (Phi) is 4.91. The van der Waals surface area contributed by atoms with Gasteiger partial charge in [0.2, 0.25) is 0 Å². The number of carbonyl (C=O) groups excluding carboxylic acids is 1. The number of halogens is 1. The minimum absolute atomic E-state index is 0.0737. The first kappa shape index (κ1) is 18.0. The molecule has 27 heavy (non-hydrogen) atoms. The molecule has 3 heterocycles. The van der Waals surface area contributed by atoms with Crippen molar-refractivity contribution >= 4 is 33.2 Å². The number of carbonyl (C=O) groups is 1. The van der Waals surface area contributed by atoms with Crippen LogP contribution in [0.15, 0.2) is 47.1 Å².